The molecule has 8 rings (SSSR count). The fourth-order valence-corrected chi connectivity index (χ4v) is 6.79. The Labute approximate surface area is 229 Å². The summed E-state index contributed by atoms with van der Waals surface area (Å²) in [6.07, 6.45) is 1.99. The van der Waals surface area contributed by atoms with Crippen LogP contribution in [-0.2, 0) is 14.4 Å². The quantitative estimate of drug-likeness (QED) is 0.197. The zero-order chi connectivity index (χ0) is 27.1. The number of anilines is 1. The van der Waals surface area contributed by atoms with Crippen LogP contribution in [0.25, 0.3) is 16.3 Å². The molecule has 3 heterocycles. The fraction of sp³-hybridized carbons (Fsp3) is 0.182. The summed E-state index contributed by atoms with van der Waals surface area (Å²) in [4.78, 5) is 43.4. The molecule has 0 unspecified atom stereocenters. The lowest BCUT2D eigenvalue weighted by Gasteiger charge is -2.38. The number of aryl methyl sites for hydroxylation is 1. The number of para-hydroxylation sites is 1. The van der Waals surface area contributed by atoms with Gasteiger partial charge in [0.1, 0.15) is 5.75 Å². The lowest BCUT2D eigenvalue weighted by atomic mass is 9.64. The Bertz CT molecular complexity index is 1820. The largest absolute Gasteiger partial charge is 0.454 e. The first-order valence-electron chi connectivity index (χ1n) is 13.3. The second-order valence-electron chi connectivity index (χ2n) is 10.7. The molecule has 1 fully saturated rings. The average molecular weight is 530 g/mol. The van der Waals surface area contributed by atoms with Gasteiger partial charge in [0, 0.05) is 16.9 Å². The van der Waals surface area contributed by atoms with Gasteiger partial charge in [-0.05, 0) is 47.2 Å². The Morgan fingerprint density at radius 2 is 1.57 bits per heavy atom. The number of amides is 2. The standard InChI is InChI=1S/C33H23NO6/c1-17-6-2-5-9-24(17)34-31(35)27-22(19-11-13-25-26(14-19)39-16-38-25)15-23-21-12-10-18-7-3-4-8-20(18)30(21)40-33(37)28(23)29(27)32(34)36/h2-15,22,27-29H,16H2,1H3/t22-,27+,28+,29-/m0/s1. The molecule has 0 N–H and O–H groups in total. The molecule has 7 nitrogen and oxygen atoms in total. The maximum atomic E-state index is 14.2. The van der Waals surface area contributed by atoms with Crippen LogP contribution in [0.4, 0.5) is 5.69 Å². The summed E-state index contributed by atoms with van der Waals surface area (Å²) in [5, 5.41) is 1.77. The molecular formula is C33H23NO6. The van der Waals surface area contributed by atoms with Crippen molar-refractivity contribution >= 4 is 39.8 Å². The number of esters is 1. The van der Waals surface area contributed by atoms with E-state index in [0.29, 0.717) is 28.5 Å². The van der Waals surface area contributed by atoms with E-state index in [2.05, 4.69) is 0 Å². The molecule has 40 heavy (non-hydrogen) atoms. The van der Waals surface area contributed by atoms with Crippen LogP contribution in [0.1, 0.15) is 22.6 Å². The first-order valence-corrected chi connectivity index (χ1v) is 13.3. The second kappa shape index (κ2) is 8.29. The van der Waals surface area contributed by atoms with Crippen molar-refractivity contribution in [2.24, 2.45) is 17.8 Å². The Kier molecular flexibility index (Phi) is 4.77. The number of hydrogen-bond acceptors (Lipinski definition) is 6. The number of rotatable bonds is 2. The van der Waals surface area contributed by atoms with E-state index in [4.69, 9.17) is 14.2 Å². The van der Waals surface area contributed by atoms with Crippen molar-refractivity contribution in [1.29, 1.82) is 0 Å². The molecular weight excluding hydrogens is 506 g/mol. The summed E-state index contributed by atoms with van der Waals surface area (Å²) in [5.41, 5.74) is 3.64. The van der Waals surface area contributed by atoms with Crippen LogP contribution in [0.15, 0.2) is 84.9 Å². The lowest BCUT2D eigenvalue weighted by molar-refractivity contribution is -0.142. The zero-order valence-corrected chi connectivity index (χ0v) is 21.5. The van der Waals surface area contributed by atoms with Gasteiger partial charge in [-0.1, -0.05) is 66.7 Å². The van der Waals surface area contributed by atoms with Gasteiger partial charge >= 0.3 is 5.97 Å². The maximum absolute atomic E-state index is 14.2. The van der Waals surface area contributed by atoms with Gasteiger partial charge in [0.05, 0.1) is 23.4 Å². The minimum absolute atomic E-state index is 0.128. The summed E-state index contributed by atoms with van der Waals surface area (Å²) in [7, 11) is 0. The SMILES string of the molecule is Cc1ccccc1N1C(=O)[C@@H]2[C@@H]3C(=O)Oc4c(ccc5ccccc45)C3=C[C@@H](c3ccc4c(c3)OCO4)[C@H]2C1=O. The number of nitrogens with zero attached hydrogens (tertiary/aromatic N) is 1. The van der Waals surface area contributed by atoms with E-state index in [0.717, 1.165) is 27.5 Å². The third-order valence-electron chi connectivity index (χ3n) is 8.62. The summed E-state index contributed by atoms with van der Waals surface area (Å²) in [6.45, 7) is 2.00. The van der Waals surface area contributed by atoms with Gasteiger partial charge in [-0.15, -0.1) is 0 Å². The van der Waals surface area contributed by atoms with Gasteiger partial charge < -0.3 is 14.2 Å². The highest BCUT2D eigenvalue weighted by molar-refractivity contribution is 6.25. The van der Waals surface area contributed by atoms with Crippen molar-refractivity contribution in [3.8, 4) is 17.2 Å². The molecule has 4 aliphatic rings. The molecule has 1 saturated heterocycles. The number of carbonyl (C=O) groups excluding carboxylic acids is 3. The molecule has 7 heteroatoms. The van der Waals surface area contributed by atoms with Gasteiger partial charge in [0.15, 0.2) is 11.5 Å². The molecule has 0 spiro atoms. The minimum atomic E-state index is -0.908. The Morgan fingerprint density at radius 1 is 0.800 bits per heavy atom. The predicted octanol–water partition coefficient (Wildman–Crippen LogP) is 5.40. The van der Waals surface area contributed by atoms with Gasteiger partial charge in [-0.2, -0.15) is 0 Å². The number of ether oxygens (including phenoxy) is 3. The van der Waals surface area contributed by atoms with Crippen molar-refractivity contribution in [2.75, 3.05) is 11.7 Å². The third-order valence-corrected chi connectivity index (χ3v) is 8.62. The molecule has 196 valence electrons. The molecule has 2 amide bonds. The Morgan fingerprint density at radius 3 is 2.45 bits per heavy atom. The van der Waals surface area contributed by atoms with E-state index in [1.54, 1.807) is 12.1 Å². The average Bonchev–Trinajstić information content (AvgIpc) is 3.54. The molecule has 0 radical (unpaired) electrons. The van der Waals surface area contributed by atoms with Crippen LogP contribution in [-0.4, -0.2) is 24.6 Å². The molecule has 4 aromatic rings. The number of fused-ring (bicyclic) bond motifs is 8. The monoisotopic (exact) mass is 529 g/mol. The van der Waals surface area contributed by atoms with E-state index in [9.17, 15) is 14.4 Å². The van der Waals surface area contributed by atoms with Gasteiger partial charge in [-0.3, -0.25) is 14.4 Å². The number of imide groups is 1. The molecule has 4 aromatic carbocycles. The Hall–Kier alpha value is -4.91. The highest BCUT2D eigenvalue weighted by atomic mass is 16.7. The van der Waals surface area contributed by atoms with Crippen LogP contribution >= 0.6 is 0 Å². The third kappa shape index (κ3) is 3.09. The van der Waals surface area contributed by atoms with E-state index >= 15 is 0 Å². The lowest BCUT2D eigenvalue weighted by Crippen LogP contribution is -2.42. The van der Waals surface area contributed by atoms with Crippen molar-refractivity contribution in [2.45, 2.75) is 12.8 Å². The highest BCUT2D eigenvalue weighted by Crippen LogP contribution is 2.56. The van der Waals surface area contributed by atoms with E-state index in [1.807, 2.05) is 79.7 Å². The van der Waals surface area contributed by atoms with Crippen molar-refractivity contribution < 1.29 is 28.6 Å². The first-order chi connectivity index (χ1) is 19.5. The molecule has 4 atom stereocenters. The van der Waals surface area contributed by atoms with Crippen molar-refractivity contribution in [3.05, 3.63) is 102 Å². The van der Waals surface area contributed by atoms with E-state index in [1.165, 1.54) is 4.90 Å². The molecule has 0 aromatic heterocycles. The number of benzene rings is 4. The smallest absolute Gasteiger partial charge is 0.319 e. The van der Waals surface area contributed by atoms with Crippen LogP contribution in [0.2, 0.25) is 0 Å². The van der Waals surface area contributed by atoms with Gasteiger partial charge in [0.2, 0.25) is 18.6 Å². The summed E-state index contributed by atoms with van der Waals surface area (Å²) in [6, 6.07) is 24.6. The first kappa shape index (κ1) is 23.0. The summed E-state index contributed by atoms with van der Waals surface area (Å²) < 4.78 is 17.1. The van der Waals surface area contributed by atoms with Crippen LogP contribution in [0, 0.1) is 24.7 Å². The van der Waals surface area contributed by atoms with Crippen molar-refractivity contribution in [3.63, 3.8) is 0 Å². The molecule has 3 aliphatic heterocycles. The molecule has 0 bridgehead atoms. The summed E-state index contributed by atoms with van der Waals surface area (Å²) >= 11 is 0. The highest BCUT2D eigenvalue weighted by Gasteiger charge is 2.60. The normalized spacial score (nSPS) is 24.4. The van der Waals surface area contributed by atoms with Crippen LogP contribution in [0.3, 0.4) is 0 Å². The Balaban J connectivity index is 1.35. The second-order valence-corrected chi connectivity index (χ2v) is 10.7. The number of carbonyl (C=O) groups is 3. The van der Waals surface area contributed by atoms with Gasteiger partial charge in [0.25, 0.3) is 0 Å². The summed E-state index contributed by atoms with van der Waals surface area (Å²) in [5.74, 6) is -2.55. The van der Waals surface area contributed by atoms with E-state index in [-0.39, 0.29) is 18.6 Å². The van der Waals surface area contributed by atoms with Crippen LogP contribution < -0.4 is 19.1 Å². The number of hydrogen-bond donors (Lipinski definition) is 0. The predicted molar refractivity (Wildman–Crippen MR) is 147 cm³/mol. The topological polar surface area (TPSA) is 82.1 Å². The van der Waals surface area contributed by atoms with Crippen molar-refractivity contribution in [1.82, 2.24) is 0 Å². The van der Waals surface area contributed by atoms with Crippen LogP contribution in [0.5, 0.6) is 17.2 Å². The van der Waals surface area contributed by atoms with Gasteiger partial charge in [-0.25, -0.2) is 4.90 Å². The van der Waals surface area contributed by atoms with E-state index < -0.39 is 29.6 Å². The minimum Gasteiger partial charge on any atom is -0.454 e. The number of allylic oxidation sites excluding steroid dienone is 1. The molecule has 1 aliphatic carbocycles. The maximum Gasteiger partial charge on any atom is 0.319 e. The molecule has 0 saturated carbocycles. The zero-order valence-electron chi connectivity index (χ0n) is 21.5. The fourth-order valence-electron chi connectivity index (χ4n) is 6.79.